The summed E-state index contributed by atoms with van der Waals surface area (Å²) in [6, 6.07) is 12.9. The normalized spacial score (nSPS) is 12.2. The summed E-state index contributed by atoms with van der Waals surface area (Å²) < 4.78 is 6.33. The summed E-state index contributed by atoms with van der Waals surface area (Å²) in [7, 11) is 1.58. The Hall–Kier alpha value is -0.780. The summed E-state index contributed by atoms with van der Waals surface area (Å²) in [6.07, 6.45) is -0.742. The van der Waals surface area contributed by atoms with Gasteiger partial charge in [0.25, 0.3) is 0 Å². The zero-order valence-electron chi connectivity index (χ0n) is 9.73. The Labute approximate surface area is 125 Å². The molecule has 0 fully saturated rings. The lowest BCUT2D eigenvalue weighted by Gasteiger charge is -2.15. The Kier molecular flexibility index (Phi) is 4.48. The predicted molar refractivity (Wildman–Crippen MR) is 81.2 cm³/mol. The van der Waals surface area contributed by atoms with E-state index in [4.69, 9.17) is 16.3 Å². The first-order valence-corrected chi connectivity index (χ1v) is 6.84. The monoisotopic (exact) mass is 374 g/mol. The van der Waals surface area contributed by atoms with Gasteiger partial charge in [-0.2, -0.15) is 0 Å². The van der Waals surface area contributed by atoms with Crippen LogP contribution in [0.4, 0.5) is 0 Å². The van der Waals surface area contributed by atoms with Crippen LogP contribution in [0.25, 0.3) is 0 Å². The Morgan fingerprint density at radius 2 is 2.00 bits per heavy atom. The Balaban J connectivity index is 2.44. The molecule has 0 saturated heterocycles. The number of aliphatic hydroxyl groups excluding tert-OH is 1. The Bertz CT molecular complexity index is 557. The van der Waals surface area contributed by atoms with Crippen molar-refractivity contribution >= 4 is 34.2 Å². The molecule has 1 atom stereocenters. The molecule has 0 bridgehead atoms. The summed E-state index contributed by atoms with van der Waals surface area (Å²) in [5.74, 6) is 0.630. The van der Waals surface area contributed by atoms with E-state index in [0.717, 1.165) is 9.13 Å². The number of hydrogen-bond acceptors (Lipinski definition) is 2. The summed E-state index contributed by atoms with van der Waals surface area (Å²) >= 11 is 8.18. The molecule has 18 heavy (non-hydrogen) atoms. The third-order valence-corrected chi connectivity index (χ3v) is 3.56. The van der Waals surface area contributed by atoms with E-state index in [9.17, 15) is 5.11 Å². The van der Waals surface area contributed by atoms with Crippen molar-refractivity contribution in [2.45, 2.75) is 6.10 Å². The summed E-state index contributed by atoms with van der Waals surface area (Å²) in [5.41, 5.74) is 1.49. The molecule has 0 aliphatic carbocycles. The third-order valence-electron chi connectivity index (χ3n) is 2.65. The average molecular weight is 375 g/mol. The number of rotatable bonds is 3. The van der Waals surface area contributed by atoms with Crippen molar-refractivity contribution in [1.29, 1.82) is 0 Å². The van der Waals surface area contributed by atoms with Crippen molar-refractivity contribution in [3.63, 3.8) is 0 Å². The van der Waals surface area contributed by atoms with E-state index in [1.165, 1.54) is 0 Å². The van der Waals surface area contributed by atoms with Crippen LogP contribution < -0.4 is 4.74 Å². The first kappa shape index (κ1) is 13.6. The van der Waals surface area contributed by atoms with Crippen LogP contribution >= 0.6 is 34.2 Å². The summed E-state index contributed by atoms with van der Waals surface area (Å²) in [5, 5.41) is 11.0. The molecule has 2 aromatic rings. The van der Waals surface area contributed by atoms with Gasteiger partial charge in [-0.15, -0.1) is 0 Å². The lowest BCUT2D eigenvalue weighted by molar-refractivity contribution is 0.214. The highest BCUT2D eigenvalue weighted by atomic mass is 127. The maximum atomic E-state index is 10.4. The standard InChI is InChI=1S/C14H12ClIO2/c1-18-13-6-5-10(15)8-12(13)14(17)9-3-2-4-11(16)7-9/h2-8,14,17H,1H3. The molecule has 0 amide bonds. The SMILES string of the molecule is COc1ccc(Cl)cc1C(O)c1cccc(I)c1. The molecule has 0 saturated carbocycles. The maximum Gasteiger partial charge on any atom is 0.125 e. The van der Waals surface area contributed by atoms with E-state index in [1.54, 1.807) is 25.3 Å². The van der Waals surface area contributed by atoms with Crippen molar-refractivity contribution in [2.24, 2.45) is 0 Å². The number of halogens is 2. The van der Waals surface area contributed by atoms with E-state index in [2.05, 4.69) is 22.6 Å². The Morgan fingerprint density at radius 1 is 1.22 bits per heavy atom. The van der Waals surface area contributed by atoms with Crippen molar-refractivity contribution in [2.75, 3.05) is 7.11 Å². The van der Waals surface area contributed by atoms with Gasteiger partial charge in [0.2, 0.25) is 0 Å². The molecule has 2 nitrogen and oxygen atoms in total. The van der Waals surface area contributed by atoms with Gasteiger partial charge in [-0.25, -0.2) is 0 Å². The van der Waals surface area contributed by atoms with Crippen LogP contribution in [0.2, 0.25) is 5.02 Å². The topological polar surface area (TPSA) is 29.5 Å². The van der Waals surface area contributed by atoms with E-state index < -0.39 is 6.10 Å². The van der Waals surface area contributed by atoms with Crippen molar-refractivity contribution in [1.82, 2.24) is 0 Å². The molecular weight excluding hydrogens is 363 g/mol. The van der Waals surface area contributed by atoms with Crippen molar-refractivity contribution in [3.8, 4) is 5.75 Å². The molecule has 0 heterocycles. The van der Waals surface area contributed by atoms with E-state index >= 15 is 0 Å². The second kappa shape index (κ2) is 5.91. The van der Waals surface area contributed by atoms with Crippen molar-refractivity contribution in [3.05, 3.63) is 62.2 Å². The van der Waals surface area contributed by atoms with E-state index in [0.29, 0.717) is 16.3 Å². The van der Waals surface area contributed by atoms with Crippen LogP contribution in [0.15, 0.2) is 42.5 Å². The maximum absolute atomic E-state index is 10.4. The van der Waals surface area contributed by atoms with Gasteiger partial charge in [-0.3, -0.25) is 0 Å². The van der Waals surface area contributed by atoms with Gasteiger partial charge >= 0.3 is 0 Å². The van der Waals surface area contributed by atoms with E-state index in [1.807, 2.05) is 24.3 Å². The van der Waals surface area contributed by atoms with Crippen LogP contribution in [-0.4, -0.2) is 12.2 Å². The fourth-order valence-electron chi connectivity index (χ4n) is 1.78. The van der Waals surface area contributed by atoms with Crippen molar-refractivity contribution < 1.29 is 9.84 Å². The molecular formula is C14H12ClIO2. The van der Waals surface area contributed by atoms with Crippen LogP contribution in [-0.2, 0) is 0 Å². The lowest BCUT2D eigenvalue weighted by Crippen LogP contribution is -2.02. The second-order valence-corrected chi connectivity index (χ2v) is 5.53. The number of aliphatic hydroxyl groups is 1. The molecule has 1 unspecified atom stereocenters. The smallest absolute Gasteiger partial charge is 0.125 e. The van der Waals surface area contributed by atoms with Crippen LogP contribution in [0, 0.1) is 3.57 Å². The first-order chi connectivity index (χ1) is 8.61. The van der Waals surface area contributed by atoms with Gasteiger partial charge < -0.3 is 9.84 Å². The highest BCUT2D eigenvalue weighted by Gasteiger charge is 2.16. The zero-order valence-corrected chi connectivity index (χ0v) is 12.6. The molecule has 0 spiro atoms. The van der Waals surface area contributed by atoms with Crippen LogP contribution in [0.1, 0.15) is 17.2 Å². The summed E-state index contributed by atoms with van der Waals surface area (Å²) in [4.78, 5) is 0. The number of methoxy groups -OCH3 is 1. The van der Waals surface area contributed by atoms with E-state index in [-0.39, 0.29) is 0 Å². The number of benzene rings is 2. The molecule has 2 aromatic carbocycles. The van der Waals surface area contributed by atoms with Crippen LogP contribution in [0.5, 0.6) is 5.75 Å². The second-order valence-electron chi connectivity index (χ2n) is 3.84. The van der Waals surface area contributed by atoms with Gasteiger partial charge in [0.1, 0.15) is 11.9 Å². The zero-order chi connectivity index (χ0) is 13.1. The predicted octanol–water partition coefficient (Wildman–Crippen LogP) is 4.03. The molecule has 0 aliphatic rings. The highest BCUT2D eigenvalue weighted by Crippen LogP contribution is 2.32. The molecule has 94 valence electrons. The molecule has 2 rings (SSSR count). The lowest BCUT2D eigenvalue weighted by atomic mass is 10.0. The molecule has 0 aliphatic heterocycles. The van der Waals surface area contributed by atoms with Gasteiger partial charge in [0.05, 0.1) is 7.11 Å². The highest BCUT2D eigenvalue weighted by molar-refractivity contribution is 14.1. The number of hydrogen-bond donors (Lipinski definition) is 1. The third kappa shape index (κ3) is 2.96. The average Bonchev–Trinajstić information content (AvgIpc) is 2.38. The van der Waals surface area contributed by atoms with Gasteiger partial charge in [-0.1, -0.05) is 23.7 Å². The van der Waals surface area contributed by atoms with Crippen LogP contribution in [0.3, 0.4) is 0 Å². The largest absolute Gasteiger partial charge is 0.496 e. The quantitative estimate of drug-likeness (QED) is 0.822. The molecule has 1 N–H and O–H groups in total. The molecule has 0 radical (unpaired) electrons. The number of ether oxygens (including phenoxy) is 1. The fraction of sp³-hybridized carbons (Fsp3) is 0.143. The minimum atomic E-state index is -0.742. The first-order valence-electron chi connectivity index (χ1n) is 5.39. The minimum Gasteiger partial charge on any atom is -0.496 e. The summed E-state index contributed by atoms with van der Waals surface area (Å²) in [6.45, 7) is 0. The van der Waals surface area contributed by atoms with Gasteiger partial charge in [0.15, 0.2) is 0 Å². The fourth-order valence-corrected chi connectivity index (χ4v) is 2.52. The minimum absolute atomic E-state index is 0.579. The van der Waals surface area contributed by atoms with Gasteiger partial charge in [-0.05, 0) is 58.5 Å². The Morgan fingerprint density at radius 3 is 2.67 bits per heavy atom. The van der Waals surface area contributed by atoms with Gasteiger partial charge in [0, 0.05) is 14.2 Å². The molecule has 0 aromatic heterocycles. The molecule has 4 heteroatoms.